The van der Waals surface area contributed by atoms with E-state index in [9.17, 15) is 13.2 Å². The Morgan fingerprint density at radius 2 is 2.14 bits per heavy atom. The summed E-state index contributed by atoms with van der Waals surface area (Å²) in [6.07, 6.45) is -2.83. The van der Waals surface area contributed by atoms with Crippen molar-refractivity contribution in [2.75, 3.05) is 59.0 Å². The zero-order valence-corrected chi connectivity index (χ0v) is 17.0. The summed E-state index contributed by atoms with van der Waals surface area (Å²) in [5, 5.41) is 4.85. The van der Waals surface area contributed by atoms with Gasteiger partial charge in [0.2, 0.25) is 0 Å². The molecule has 1 unspecified atom stereocenters. The molecule has 2 aliphatic rings. The van der Waals surface area contributed by atoms with Gasteiger partial charge in [-0.1, -0.05) is 0 Å². The third-order valence-electron chi connectivity index (χ3n) is 4.97. The number of hydrogen-bond donors (Lipinski definition) is 1. The maximum Gasteiger partial charge on any atom is 0.434 e. The fraction of sp³-hybridized carbons (Fsp3) is 0.778. The van der Waals surface area contributed by atoms with Crippen LogP contribution in [0.3, 0.4) is 0 Å². The summed E-state index contributed by atoms with van der Waals surface area (Å²) in [6, 6.07) is 0. The quantitative estimate of drug-likeness (QED) is 0.567. The highest BCUT2D eigenvalue weighted by Gasteiger charge is 2.33. The minimum absolute atomic E-state index is 0.417. The van der Waals surface area contributed by atoms with Crippen LogP contribution in [0.4, 0.5) is 13.2 Å². The summed E-state index contributed by atoms with van der Waals surface area (Å²) in [4.78, 5) is 13.0. The van der Waals surface area contributed by atoms with E-state index in [0.29, 0.717) is 23.9 Å². The Kier molecular flexibility index (Phi) is 7.53. The number of halogens is 3. The molecule has 0 aromatic carbocycles. The third kappa shape index (κ3) is 6.05. The molecule has 1 aromatic heterocycles. The van der Waals surface area contributed by atoms with Gasteiger partial charge in [-0.25, -0.2) is 4.98 Å². The van der Waals surface area contributed by atoms with Gasteiger partial charge in [-0.2, -0.15) is 13.2 Å². The molecule has 3 heterocycles. The Morgan fingerprint density at radius 1 is 1.36 bits per heavy atom. The van der Waals surface area contributed by atoms with Crippen LogP contribution in [-0.2, 0) is 17.3 Å². The van der Waals surface area contributed by atoms with Crippen molar-refractivity contribution in [2.45, 2.75) is 25.9 Å². The van der Waals surface area contributed by atoms with Crippen LogP contribution in [0, 0.1) is 5.92 Å². The molecule has 0 bridgehead atoms. The van der Waals surface area contributed by atoms with E-state index in [-0.39, 0.29) is 0 Å². The normalized spacial score (nSPS) is 22.1. The summed E-state index contributed by atoms with van der Waals surface area (Å²) in [5.41, 5.74) is -0.811. The van der Waals surface area contributed by atoms with E-state index in [0.717, 1.165) is 81.6 Å². The fourth-order valence-electron chi connectivity index (χ4n) is 3.56. The highest BCUT2D eigenvalue weighted by molar-refractivity contribution is 7.09. The van der Waals surface area contributed by atoms with Crippen molar-refractivity contribution in [1.29, 1.82) is 0 Å². The second kappa shape index (κ2) is 9.89. The number of likely N-dealkylation sites (tertiary alicyclic amines) is 1. The van der Waals surface area contributed by atoms with E-state index in [1.54, 1.807) is 0 Å². The van der Waals surface area contributed by atoms with Crippen LogP contribution in [0.1, 0.15) is 24.0 Å². The zero-order chi connectivity index (χ0) is 20.0. The van der Waals surface area contributed by atoms with Crippen molar-refractivity contribution in [3.8, 4) is 0 Å². The molecule has 2 fully saturated rings. The minimum Gasteiger partial charge on any atom is -0.379 e. The Balaban J connectivity index is 1.50. The Labute approximate surface area is 167 Å². The number of nitrogens with zero attached hydrogens (tertiary/aromatic N) is 4. The standard InChI is InChI=1S/C18H28F3N5OS/c1-2-22-17(23-5-3-16-24-15(13-28-16)18(19,20)21)26-6-4-14(12-26)11-25-7-9-27-10-8-25/h13-14H,2-12H2,1H3,(H,22,23). The van der Waals surface area contributed by atoms with Gasteiger partial charge in [0.15, 0.2) is 11.7 Å². The lowest BCUT2D eigenvalue weighted by Crippen LogP contribution is -2.42. The van der Waals surface area contributed by atoms with Crippen molar-refractivity contribution in [3.63, 3.8) is 0 Å². The van der Waals surface area contributed by atoms with E-state index < -0.39 is 11.9 Å². The van der Waals surface area contributed by atoms with Gasteiger partial charge in [0.25, 0.3) is 0 Å². The summed E-state index contributed by atoms with van der Waals surface area (Å²) in [6.45, 7) is 9.83. The summed E-state index contributed by atoms with van der Waals surface area (Å²) < 4.78 is 43.4. The van der Waals surface area contributed by atoms with Crippen LogP contribution in [0.5, 0.6) is 0 Å². The number of aliphatic imine (C=N–C) groups is 1. The lowest BCUT2D eigenvalue weighted by molar-refractivity contribution is -0.140. The first-order chi connectivity index (χ1) is 13.5. The molecular weight excluding hydrogens is 391 g/mol. The van der Waals surface area contributed by atoms with Gasteiger partial charge >= 0.3 is 6.18 Å². The number of guanidine groups is 1. The molecule has 28 heavy (non-hydrogen) atoms. The van der Waals surface area contributed by atoms with Crippen LogP contribution in [0.25, 0.3) is 0 Å². The Bertz CT molecular complexity index is 645. The number of hydrogen-bond acceptors (Lipinski definition) is 5. The van der Waals surface area contributed by atoms with E-state index >= 15 is 0 Å². The molecule has 2 saturated heterocycles. The van der Waals surface area contributed by atoms with Crippen molar-refractivity contribution in [3.05, 3.63) is 16.1 Å². The smallest absolute Gasteiger partial charge is 0.379 e. The molecule has 6 nitrogen and oxygen atoms in total. The van der Waals surface area contributed by atoms with Crippen LogP contribution in [0.15, 0.2) is 10.4 Å². The highest BCUT2D eigenvalue weighted by atomic mass is 32.1. The fourth-order valence-corrected chi connectivity index (χ4v) is 4.36. The van der Waals surface area contributed by atoms with Gasteiger partial charge in [-0.05, 0) is 19.3 Å². The summed E-state index contributed by atoms with van der Waals surface area (Å²) in [5.74, 6) is 1.45. The largest absolute Gasteiger partial charge is 0.434 e. The van der Waals surface area contributed by atoms with Crippen LogP contribution in [-0.4, -0.2) is 79.8 Å². The van der Waals surface area contributed by atoms with Crippen LogP contribution >= 0.6 is 11.3 Å². The molecule has 1 aromatic rings. The summed E-state index contributed by atoms with van der Waals surface area (Å²) >= 11 is 1.04. The van der Waals surface area contributed by atoms with Crippen molar-refractivity contribution in [2.24, 2.45) is 10.9 Å². The Hall–Kier alpha value is -1.39. The maximum atomic E-state index is 12.7. The highest BCUT2D eigenvalue weighted by Crippen LogP contribution is 2.30. The first-order valence-corrected chi connectivity index (χ1v) is 10.7. The van der Waals surface area contributed by atoms with Gasteiger partial charge in [0.05, 0.1) is 18.2 Å². The third-order valence-corrected chi connectivity index (χ3v) is 5.88. The monoisotopic (exact) mass is 419 g/mol. The molecule has 0 spiro atoms. The molecule has 1 atom stereocenters. The van der Waals surface area contributed by atoms with Gasteiger partial charge in [0, 0.05) is 57.6 Å². The predicted molar refractivity (Wildman–Crippen MR) is 104 cm³/mol. The number of alkyl halides is 3. The molecule has 0 saturated carbocycles. The van der Waals surface area contributed by atoms with Gasteiger partial charge in [-0.3, -0.25) is 9.89 Å². The van der Waals surface area contributed by atoms with Gasteiger partial charge in [0.1, 0.15) is 0 Å². The summed E-state index contributed by atoms with van der Waals surface area (Å²) in [7, 11) is 0. The van der Waals surface area contributed by atoms with E-state index in [4.69, 9.17) is 4.74 Å². The number of aromatic nitrogens is 1. The Morgan fingerprint density at radius 3 is 2.82 bits per heavy atom. The molecule has 3 rings (SSSR count). The predicted octanol–water partition coefficient (Wildman–Crippen LogP) is 2.32. The molecule has 158 valence electrons. The lowest BCUT2D eigenvalue weighted by atomic mass is 10.1. The van der Waals surface area contributed by atoms with E-state index in [1.165, 1.54) is 0 Å². The molecular formula is C18H28F3N5OS. The minimum atomic E-state index is -4.38. The van der Waals surface area contributed by atoms with Crippen LogP contribution < -0.4 is 5.32 Å². The number of thiazole rings is 1. The van der Waals surface area contributed by atoms with E-state index in [2.05, 4.69) is 25.1 Å². The molecule has 0 aliphatic carbocycles. The SMILES string of the molecule is CCNC(=NCCc1nc(C(F)(F)F)cs1)N1CCC(CN2CCOCC2)C1. The average Bonchev–Trinajstić information content (AvgIpc) is 3.31. The first-order valence-electron chi connectivity index (χ1n) is 9.80. The molecule has 10 heteroatoms. The van der Waals surface area contributed by atoms with Crippen molar-refractivity contribution >= 4 is 17.3 Å². The van der Waals surface area contributed by atoms with Gasteiger partial charge in [-0.15, -0.1) is 11.3 Å². The number of ether oxygens (including phenoxy) is 1. The van der Waals surface area contributed by atoms with E-state index in [1.807, 2.05) is 6.92 Å². The number of nitrogens with one attached hydrogen (secondary N) is 1. The number of morpholine rings is 1. The van der Waals surface area contributed by atoms with Crippen molar-refractivity contribution < 1.29 is 17.9 Å². The lowest BCUT2D eigenvalue weighted by Gasteiger charge is -2.29. The van der Waals surface area contributed by atoms with Crippen molar-refractivity contribution in [1.82, 2.24) is 20.1 Å². The topological polar surface area (TPSA) is 53.0 Å². The molecule has 2 aliphatic heterocycles. The molecule has 0 amide bonds. The average molecular weight is 420 g/mol. The molecule has 0 radical (unpaired) electrons. The van der Waals surface area contributed by atoms with Gasteiger partial charge < -0.3 is 15.0 Å². The zero-order valence-electron chi connectivity index (χ0n) is 16.2. The second-order valence-electron chi connectivity index (χ2n) is 7.12. The first kappa shape index (κ1) is 21.3. The van der Waals surface area contributed by atoms with Crippen LogP contribution in [0.2, 0.25) is 0 Å². The molecule has 1 N–H and O–H groups in total. The maximum absolute atomic E-state index is 12.7. The number of rotatable bonds is 6. The second-order valence-corrected chi connectivity index (χ2v) is 8.07.